The lowest BCUT2D eigenvalue weighted by Crippen LogP contribution is -2.54. The largest absolute Gasteiger partial charge is 0.450 e. The van der Waals surface area contributed by atoms with Crippen molar-refractivity contribution in [1.82, 2.24) is 4.90 Å². The SMILES string of the molecule is CN1C(=O)[C@]2(c3ccccc31)c1c(oc3ccccc3c1=O)C(=O)N2C[C@H]1CCCO1. The van der Waals surface area contributed by atoms with Crippen molar-refractivity contribution in [3.05, 3.63) is 75.6 Å². The van der Waals surface area contributed by atoms with E-state index in [1.54, 1.807) is 31.3 Å². The number of anilines is 1. The van der Waals surface area contributed by atoms with Crippen molar-refractivity contribution in [2.24, 2.45) is 0 Å². The number of ether oxygens (including phenoxy) is 1. The summed E-state index contributed by atoms with van der Waals surface area (Å²) in [5.41, 5.74) is -0.155. The zero-order valence-electron chi connectivity index (χ0n) is 17.0. The zero-order valence-corrected chi connectivity index (χ0v) is 17.0. The van der Waals surface area contributed by atoms with Crippen LogP contribution in [0.3, 0.4) is 0 Å². The number of carbonyl (C=O) groups excluding carboxylic acids is 2. The molecule has 0 saturated carbocycles. The van der Waals surface area contributed by atoms with Gasteiger partial charge in [0.1, 0.15) is 5.58 Å². The molecular formula is C24H20N2O5. The quantitative estimate of drug-likeness (QED) is 0.642. The Kier molecular flexibility index (Phi) is 3.71. The number of rotatable bonds is 2. The Labute approximate surface area is 177 Å². The van der Waals surface area contributed by atoms with E-state index in [0.29, 0.717) is 28.8 Å². The Bertz CT molecular complexity index is 1320. The lowest BCUT2D eigenvalue weighted by Gasteiger charge is -2.35. The van der Waals surface area contributed by atoms with Gasteiger partial charge in [0.05, 0.1) is 17.1 Å². The van der Waals surface area contributed by atoms with Gasteiger partial charge in [-0.25, -0.2) is 0 Å². The van der Waals surface area contributed by atoms with E-state index >= 15 is 0 Å². The summed E-state index contributed by atoms with van der Waals surface area (Å²) in [4.78, 5) is 44.3. The van der Waals surface area contributed by atoms with E-state index in [-0.39, 0.29) is 35.3 Å². The third-order valence-corrected chi connectivity index (χ3v) is 6.68. The zero-order chi connectivity index (χ0) is 21.3. The number of amides is 2. The van der Waals surface area contributed by atoms with Gasteiger partial charge in [0.2, 0.25) is 5.76 Å². The summed E-state index contributed by atoms with van der Waals surface area (Å²) in [6.45, 7) is 0.838. The first kappa shape index (κ1) is 18.3. The highest BCUT2D eigenvalue weighted by molar-refractivity contribution is 6.16. The molecule has 2 atom stereocenters. The fourth-order valence-electron chi connectivity index (χ4n) is 5.28. The maximum absolute atomic E-state index is 13.9. The minimum Gasteiger partial charge on any atom is -0.450 e. The highest BCUT2D eigenvalue weighted by Crippen LogP contribution is 2.52. The van der Waals surface area contributed by atoms with Crippen LogP contribution in [0.4, 0.5) is 5.69 Å². The van der Waals surface area contributed by atoms with Crippen LogP contribution in [0.25, 0.3) is 11.0 Å². The molecule has 6 rings (SSSR count). The molecule has 1 fully saturated rings. The Morgan fingerprint density at radius 2 is 1.84 bits per heavy atom. The first-order valence-corrected chi connectivity index (χ1v) is 10.4. The molecule has 2 aromatic carbocycles. The van der Waals surface area contributed by atoms with Crippen LogP contribution in [0.1, 0.15) is 34.5 Å². The van der Waals surface area contributed by atoms with Crippen LogP contribution in [0.5, 0.6) is 0 Å². The molecule has 7 heteroatoms. The normalized spacial score (nSPS) is 24.5. The predicted octanol–water partition coefficient (Wildman–Crippen LogP) is 2.65. The summed E-state index contributed by atoms with van der Waals surface area (Å²) >= 11 is 0. The van der Waals surface area contributed by atoms with Gasteiger partial charge in [-0.15, -0.1) is 0 Å². The molecule has 0 N–H and O–H groups in total. The fraction of sp³-hybridized carbons (Fsp3) is 0.292. The van der Waals surface area contributed by atoms with E-state index in [2.05, 4.69) is 0 Å². The van der Waals surface area contributed by atoms with Gasteiger partial charge in [-0.3, -0.25) is 14.4 Å². The predicted molar refractivity (Wildman–Crippen MR) is 113 cm³/mol. The third-order valence-electron chi connectivity index (χ3n) is 6.68. The molecule has 7 nitrogen and oxygen atoms in total. The maximum Gasteiger partial charge on any atom is 0.291 e. The molecule has 1 aromatic heterocycles. The molecule has 3 aliphatic rings. The van der Waals surface area contributed by atoms with Gasteiger partial charge in [0.25, 0.3) is 11.8 Å². The second kappa shape index (κ2) is 6.28. The summed E-state index contributed by atoms with van der Waals surface area (Å²) in [6, 6.07) is 14.1. The lowest BCUT2D eigenvalue weighted by atomic mass is 9.83. The number of nitrogens with zero attached hydrogens (tertiary/aromatic N) is 2. The van der Waals surface area contributed by atoms with Gasteiger partial charge < -0.3 is 19.0 Å². The molecule has 156 valence electrons. The first-order valence-electron chi connectivity index (χ1n) is 10.4. The van der Waals surface area contributed by atoms with Crippen molar-refractivity contribution in [2.75, 3.05) is 25.1 Å². The van der Waals surface area contributed by atoms with Crippen molar-refractivity contribution in [2.45, 2.75) is 24.5 Å². The van der Waals surface area contributed by atoms with Crippen LogP contribution in [-0.2, 0) is 15.1 Å². The fourth-order valence-corrected chi connectivity index (χ4v) is 5.28. The number of likely N-dealkylation sites (N-methyl/N-ethyl adjacent to an activating group) is 1. The van der Waals surface area contributed by atoms with E-state index in [0.717, 1.165) is 12.8 Å². The Morgan fingerprint density at radius 1 is 1.06 bits per heavy atom. The molecule has 1 saturated heterocycles. The second-order valence-electron chi connectivity index (χ2n) is 8.27. The lowest BCUT2D eigenvalue weighted by molar-refractivity contribution is -0.126. The summed E-state index contributed by atoms with van der Waals surface area (Å²) in [5.74, 6) is -0.840. The highest BCUT2D eigenvalue weighted by atomic mass is 16.5. The van der Waals surface area contributed by atoms with Crippen LogP contribution in [0.2, 0.25) is 0 Å². The minimum atomic E-state index is -1.55. The van der Waals surface area contributed by atoms with Crippen molar-refractivity contribution < 1.29 is 18.7 Å². The Balaban J connectivity index is 1.70. The summed E-state index contributed by atoms with van der Waals surface area (Å²) in [7, 11) is 1.67. The number of benzene rings is 2. The van der Waals surface area contributed by atoms with Gasteiger partial charge >= 0.3 is 0 Å². The van der Waals surface area contributed by atoms with Gasteiger partial charge in [-0.05, 0) is 31.0 Å². The number of hydrogen-bond acceptors (Lipinski definition) is 5. The average Bonchev–Trinajstić information content (AvgIpc) is 3.45. The second-order valence-corrected chi connectivity index (χ2v) is 8.27. The van der Waals surface area contributed by atoms with Crippen LogP contribution in [0.15, 0.2) is 57.7 Å². The average molecular weight is 416 g/mol. The van der Waals surface area contributed by atoms with Crippen molar-refractivity contribution in [3.63, 3.8) is 0 Å². The minimum absolute atomic E-state index is 0.0554. The van der Waals surface area contributed by atoms with Crippen LogP contribution in [0, 0.1) is 0 Å². The van der Waals surface area contributed by atoms with Crippen molar-refractivity contribution >= 4 is 28.5 Å². The number of hydrogen-bond donors (Lipinski definition) is 0. The van der Waals surface area contributed by atoms with Crippen LogP contribution in [-0.4, -0.2) is 43.0 Å². The molecule has 4 heterocycles. The van der Waals surface area contributed by atoms with Gasteiger partial charge in [0.15, 0.2) is 11.0 Å². The number of para-hydroxylation sites is 2. The van der Waals surface area contributed by atoms with Crippen LogP contribution >= 0.6 is 0 Å². The molecular weight excluding hydrogens is 396 g/mol. The molecule has 3 aliphatic heterocycles. The summed E-state index contributed by atoms with van der Waals surface area (Å²) in [5, 5.41) is 0.354. The van der Waals surface area contributed by atoms with E-state index in [1.807, 2.05) is 24.3 Å². The van der Waals surface area contributed by atoms with E-state index < -0.39 is 11.4 Å². The molecule has 3 aromatic rings. The van der Waals surface area contributed by atoms with Crippen molar-refractivity contribution in [3.8, 4) is 0 Å². The smallest absolute Gasteiger partial charge is 0.291 e. The summed E-state index contributed by atoms with van der Waals surface area (Å²) in [6.07, 6.45) is 1.51. The van der Waals surface area contributed by atoms with Crippen molar-refractivity contribution in [1.29, 1.82) is 0 Å². The Morgan fingerprint density at radius 3 is 2.65 bits per heavy atom. The first-order chi connectivity index (χ1) is 15.0. The highest BCUT2D eigenvalue weighted by Gasteiger charge is 2.64. The van der Waals surface area contributed by atoms with Crippen LogP contribution < -0.4 is 10.3 Å². The number of fused-ring (bicyclic) bond motifs is 5. The number of carbonyl (C=O) groups is 2. The van der Waals surface area contributed by atoms with E-state index in [9.17, 15) is 14.4 Å². The molecule has 0 radical (unpaired) electrons. The monoisotopic (exact) mass is 416 g/mol. The topological polar surface area (TPSA) is 80.1 Å². The Hall–Kier alpha value is -3.45. The third kappa shape index (κ3) is 2.19. The van der Waals surface area contributed by atoms with Gasteiger partial charge in [-0.1, -0.05) is 30.3 Å². The summed E-state index contributed by atoms with van der Waals surface area (Å²) < 4.78 is 11.8. The van der Waals surface area contributed by atoms with E-state index in [4.69, 9.17) is 9.15 Å². The van der Waals surface area contributed by atoms with Gasteiger partial charge in [0, 0.05) is 31.5 Å². The molecule has 0 aliphatic carbocycles. The molecule has 0 bridgehead atoms. The maximum atomic E-state index is 13.9. The molecule has 0 unspecified atom stereocenters. The van der Waals surface area contributed by atoms with E-state index in [1.165, 1.54) is 9.80 Å². The molecule has 1 spiro atoms. The molecule has 2 amide bonds. The molecule has 31 heavy (non-hydrogen) atoms. The van der Waals surface area contributed by atoms with Gasteiger partial charge in [-0.2, -0.15) is 0 Å². The standard InChI is InChI=1S/C24H20N2O5/c1-25-17-10-4-3-9-16(17)24(23(25)29)19-20(27)15-8-2-5-11-18(15)31-21(19)22(28)26(24)13-14-7-6-12-30-14/h2-5,8-11,14H,6-7,12-13H2,1H3/t14-,24+/m1/s1.